The Balaban J connectivity index is 1.84. The normalized spacial score (nSPS) is 26.2. The molecule has 0 radical (unpaired) electrons. The molecule has 1 aromatic rings. The van der Waals surface area contributed by atoms with Gasteiger partial charge in [-0.25, -0.2) is 17.5 Å². The zero-order valence-electron chi connectivity index (χ0n) is 11.8. The summed E-state index contributed by atoms with van der Waals surface area (Å²) in [7, 11) is -3.85. The summed E-state index contributed by atoms with van der Waals surface area (Å²) in [5, 5.41) is 0. The van der Waals surface area contributed by atoms with Crippen LogP contribution in [0.25, 0.3) is 0 Å². The Kier molecular flexibility index (Phi) is 4.00. The second kappa shape index (κ2) is 5.64. The van der Waals surface area contributed by atoms with E-state index >= 15 is 0 Å². The number of hydrogen-bond donors (Lipinski definition) is 2. The maximum absolute atomic E-state index is 13.9. The fourth-order valence-electron chi connectivity index (χ4n) is 3.36. The van der Waals surface area contributed by atoms with Crippen LogP contribution in [0.3, 0.4) is 0 Å². The van der Waals surface area contributed by atoms with Crippen molar-refractivity contribution in [2.45, 2.75) is 42.8 Å². The van der Waals surface area contributed by atoms with Crippen molar-refractivity contribution >= 4 is 10.0 Å². The van der Waals surface area contributed by atoms with Gasteiger partial charge in [0.25, 0.3) is 0 Å². The molecule has 3 rings (SSSR count). The van der Waals surface area contributed by atoms with E-state index in [0.717, 1.165) is 38.4 Å². The fourth-order valence-corrected chi connectivity index (χ4v) is 4.80. The van der Waals surface area contributed by atoms with E-state index in [2.05, 4.69) is 9.62 Å². The van der Waals surface area contributed by atoms with Crippen LogP contribution in [0.15, 0.2) is 23.1 Å². The molecule has 0 amide bonds. The summed E-state index contributed by atoms with van der Waals surface area (Å²) in [4.78, 5) is 2.00. The lowest BCUT2D eigenvalue weighted by Gasteiger charge is -2.21. The largest absolute Gasteiger partial charge is 0.326 e. The molecule has 2 saturated heterocycles. The highest BCUT2D eigenvalue weighted by atomic mass is 32.2. The van der Waals surface area contributed by atoms with E-state index in [1.54, 1.807) is 0 Å². The lowest BCUT2D eigenvalue weighted by Crippen LogP contribution is -2.42. The quantitative estimate of drug-likeness (QED) is 0.862. The highest BCUT2D eigenvalue weighted by molar-refractivity contribution is 7.89. The molecule has 2 atom stereocenters. The van der Waals surface area contributed by atoms with Gasteiger partial charge in [0.2, 0.25) is 10.0 Å². The molecule has 116 valence electrons. The summed E-state index contributed by atoms with van der Waals surface area (Å²) < 4.78 is 41.5. The Labute approximate surface area is 124 Å². The first-order chi connectivity index (χ1) is 10.0. The van der Waals surface area contributed by atoms with Crippen LogP contribution in [0, 0.1) is 5.82 Å². The first kappa shape index (κ1) is 14.9. The number of rotatable bonds is 4. The Morgan fingerprint density at radius 1 is 1.33 bits per heavy atom. The van der Waals surface area contributed by atoms with Crippen molar-refractivity contribution in [2.75, 3.05) is 13.1 Å². The van der Waals surface area contributed by atoms with Gasteiger partial charge in [-0.05, 0) is 43.5 Å². The van der Waals surface area contributed by atoms with Crippen molar-refractivity contribution in [3.8, 4) is 0 Å². The molecule has 2 aliphatic heterocycles. The van der Waals surface area contributed by atoms with Gasteiger partial charge in [0, 0.05) is 25.2 Å². The molecular weight excluding hydrogens is 293 g/mol. The van der Waals surface area contributed by atoms with Crippen LogP contribution in [0.2, 0.25) is 0 Å². The van der Waals surface area contributed by atoms with Crippen molar-refractivity contribution in [3.05, 3.63) is 29.6 Å². The number of fused-ring (bicyclic) bond motifs is 1. The van der Waals surface area contributed by atoms with Gasteiger partial charge in [0.05, 0.1) is 0 Å². The van der Waals surface area contributed by atoms with Crippen LogP contribution in [-0.2, 0) is 16.6 Å². The summed E-state index contributed by atoms with van der Waals surface area (Å²) in [5.74, 6) is -0.735. The maximum atomic E-state index is 13.9. The number of hydrogen-bond acceptors (Lipinski definition) is 4. The van der Waals surface area contributed by atoms with E-state index in [4.69, 9.17) is 5.73 Å². The SMILES string of the molecule is NCc1ccc(F)c(S(=O)(=O)NC2CCN3CCCC23)c1. The summed E-state index contributed by atoms with van der Waals surface area (Å²) in [6, 6.07) is 4.11. The molecule has 0 bridgehead atoms. The smallest absolute Gasteiger partial charge is 0.243 e. The van der Waals surface area contributed by atoms with Crippen LogP contribution in [0.1, 0.15) is 24.8 Å². The average molecular weight is 313 g/mol. The molecule has 2 fully saturated rings. The minimum absolute atomic E-state index is 0.126. The number of benzene rings is 1. The summed E-state index contributed by atoms with van der Waals surface area (Å²) in [5.41, 5.74) is 6.10. The third-order valence-electron chi connectivity index (χ3n) is 4.43. The number of nitrogens with one attached hydrogen (secondary N) is 1. The van der Waals surface area contributed by atoms with Gasteiger partial charge in [-0.1, -0.05) is 6.07 Å². The van der Waals surface area contributed by atoms with Crippen molar-refractivity contribution in [2.24, 2.45) is 5.73 Å². The first-order valence-corrected chi connectivity index (χ1v) is 8.74. The van der Waals surface area contributed by atoms with Gasteiger partial charge in [0.15, 0.2) is 0 Å². The van der Waals surface area contributed by atoms with Crippen molar-refractivity contribution in [1.29, 1.82) is 0 Å². The molecule has 0 spiro atoms. The van der Waals surface area contributed by atoms with Gasteiger partial charge in [-0.15, -0.1) is 0 Å². The molecule has 21 heavy (non-hydrogen) atoms. The zero-order chi connectivity index (χ0) is 15.0. The van der Waals surface area contributed by atoms with Crippen molar-refractivity contribution in [1.82, 2.24) is 9.62 Å². The molecule has 0 aliphatic carbocycles. The van der Waals surface area contributed by atoms with Gasteiger partial charge in [0.1, 0.15) is 10.7 Å². The van der Waals surface area contributed by atoms with Gasteiger partial charge >= 0.3 is 0 Å². The summed E-state index contributed by atoms with van der Waals surface area (Å²) in [6.07, 6.45) is 2.88. The zero-order valence-corrected chi connectivity index (χ0v) is 12.6. The monoisotopic (exact) mass is 313 g/mol. The number of nitrogens with two attached hydrogens (primary N) is 1. The summed E-state index contributed by atoms with van der Waals surface area (Å²) in [6.45, 7) is 2.12. The molecule has 0 saturated carbocycles. The molecule has 2 heterocycles. The predicted molar refractivity (Wildman–Crippen MR) is 77.6 cm³/mol. The molecule has 1 aromatic carbocycles. The van der Waals surface area contributed by atoms with Crippen LogP contribution in [0.5, 0.6) is 0 Å². The molecule has 2 unspecified atom stereocenters. The minimum atomic E-state index is -3.85. The van der Waals surface area contributed by atoms with E-state index in [1.807, 2.05) is 0 Å². The molecule has 0 aromatic heterocycles. The Hall–Kier alpha value is -1.02. The molecule has 2 aliphatic rings. The lowest BCUT2D eigenvalue weighted by molar-refractivity contribution is 0.308. The number of nitrogens with zero attached hydrogens (tertiary/aromatic N) is 1. The summed E-state index contributed by atoms with van der Waals surface area (Å²) >= 11 is 0. The first-order valence-electron chi connectivity index (χ1n) is 7.26. The molecular formula is C14H20FN3O2S. The van der Waals surface area contributed by atoms with E-state index in [9.17, 15) is 12.8 Å². The van der Waals surface area contributed by atoms with Crippen LogP contribution in [0.4, 0.5) is 4.39 Å². The Bertz CT molecular complexity index is 635. The third kappa shape index (κ3) is 2.83. The third-order valence-corrected chi connectivity index (χ3v) is 5.94. The van der Waals surface area contributed by atoms with E-state index in [0.29, 0.717) is 5.56 Å². The van der Waals surface area contributed by atoms with Crippen LogP contribution < -0.4 is 10.5 Å². The number of halogens is 1. The van der Waals surface area contributed by atoms with E-state index in [1.165, 1.54) is 12.1 Å². The van der Waals surface area contributed by atoms with Crippen molar-refractivity contribution < 1.29 is 12.8 Å². The van der Waals surface area contributed by atoms with Gasteiger partial charge < -0.3 is 5.73 Å². The van der Waals surface area contributed by atoms with Gasteiger partial charge in [-0.3, -0.25) is 4.90 Å². The highest BCUT2D eigenvalue weighted by Gasteiger charge is 2.39. The van der Waals surface area contributed by atoms with Gasteiger partial charge in [-0.2, -0.15) is 0 Å². The standard InChI is InChI=1S/C14H20FN3O2S/c15-11-4-3-10(9-16)8-14(11)21(19,20)17-12-5-7-18-6-1-2-13(12)18/h3-4,8,12-13,17H,1-2,5-7,9,16H2. The second-order valence-corrected chi connectivity index (χ2v) is 7.41. The fraction of sp³-hybridized carbons (Fsp3) is 0.571. The Morgan fingerprint density at radius 3 is 2.90 bits per heavy atom. The van der Waals surface area contributed by atoms with Crippen LogP contribution in [-0.4, -0.2) is 38.5 Å². The Morgan fingerprint density at radius 2 is 2.14 bits per heavy atom. The minimum Gasteiger partial charge on any atom is -0.326 e. The van der Waals surface area contributed by atoms with E-state index < -0.39 is 15.8 Å². The average Bonchev–Trinajstić information content (AvgIpc) is 3.04. The van der Waals surface area contributed by atoms with E-state index in [-0.39, 0.29) is 23.5 Å². The highest BCUT2D eigenvalue weighted by Crippen LogP contribution is 2.29. The number of sulfonamides is 1. The predicted octanol–water partition coefficient (Wildman–Crippen LogP) is 0.799. The van der Waals surface area contributed by atoms with Crippen LogP contribution >= 0.6 is 0 Å². The molecule has 3 N–H and O–H groups in total. The lowest BCUT2D eigenvalue weighted by atomic mass is 10.1. The maximum Gasteiger partial charge on any atom is 0.243 e. The second-order valence-electron chi connectivity index (χ2n) is 5.73. The van der Waals surface area contributed by atoms with Crippen molar-refractivity contribution in [3.63, 3.8) is 0 Å². The topological polar surface area (TPSA) is 75.4 Å². The molecule has 7 heteroatoms. The molecule has 5 nitrogen and oxygen atoms in total.